The molecule has 1 rings (SSSR count). The van der Waals surface area contributed by atoms with Crippen molar-refractivity contribution in [2.75, 3.05) is 6.54 Å². The van der Waals surface area contributed by atoms with Crippen LogP contribution in [0.1, 0.15) is 39.5 Å². The molecule has 0 saturated carbocycles. The van der Waals surface area contributed by atoms with E-state index >= 15 is 0 Å². The minimum Gasteiger partial charge on any atom is -0.312 e. The highest BCUT2D eigenvalue weighted by Crippen LogP contribution is 2.03. The summed E-state index contributed by atoms with van der Waals surface area (Å²) in [6.07, 6.45) is 8.94. The Morgan fingerprint density at radius 2 is 2.00 bits per heavy atom. The number of rotatable bonds is 8. The van der Waals surface area contributed by atoms with Crippen molar-refractivity contribution in [1.29, 1.82) is 0 Å². The van der Waals surface area contributed by atoms with Gasteiger partial charge in [-0.1, -0.05) is 26.7 Å². The predicted molar refractivity (Wildman–Crippen MR) is 63.8 cm³/mol. The lowest BCUT2D eigenvalue weighted by molar-refractivity contribution is 0.424. The molecule has 0 fully saturated rings. The van der Waals surface area contributed by atoms with Crippen LogP contribution in [0.4, 0.5) is 0 Å². The molecule has 3 heteroatoms. The van der Waals surface area contributed by atoms with Crippen LogP contribution in [0.3, 0.4) is 0 Å². The zero-order chi connectivity index (χ0) is 10.9. The Hall–Kier alpha value is -0.830. The minimum absolute atomic E-state index is 0.690. The van der Waals surface area contributed by atoms with Crippen molar-refractivity contribution in [3.8, 4) is 0 Å². The molecule has 0 saturated heterocycles. The molecule has 0 aromatic carbocycles. The van der Waals surface area contributed by atoms with E-state index in [1.54, 1.807) is 0 Å². The van der Waals surface area contributed by atoms with Gasteiger partial charge in [-0.2, -0.15) is 5.10 Å². The maximum Gasteiger partial charge on any atom is 0.0534 e. The molecule has 0 atom stereocenters. The molecule has 1 heterocycles. The Morgan fingerprint density at radius 3 is 2.53 bits per heavy atom. The molecule has 1 aromatic heterocycles. The van der Waals surface area contributed by atoms with Crippen molar-refractivity contribution in [1.82, 2.24) is 15.1 Å². The number of nitrogens with zero attached hydrogens (tertiary/aromatic N) is 2. The van der Waals surface area contributed by atoms with E-state index in [9.17, 15) is 0 Å². The first-order valence-corrected chi connectivity index (χ1v) is 6.07. The topological polar surface area (TPSA) is 29.9 Å². The molecule has 1 N–H and O–H groups in total. The molecule has 0 aliphatic heterocycles. The van der Waals surface area contributed by atoms with Crippen LogP contribution in [0.15, 0.2) is 18.5 Å². The molecule has 0 aliphatic carbocycles. The van der Waals surface area contributed by atoms with Crippen molar-refractivity contribution in [2.45, 2.75) is 52.1 Å². The van der Waals surface area contributed by atoms with Gasteiger partial charge in [0.15, 0.2) is 0 Å². The van der Waals surface area contributed by atoms with Crippen molar-refractivity contribution >= 4 is 0 Å². The normalized spacial score (nSPS) is 11.1. The van der Waals surface area contributed by atoms with Crippen molar-refractivity contribution in [3.05, 3.63) is 18.5 Å². The molecule has 3 nitrogen and oxygen atoms in total. The van der Waals surface area contributed by atoms with Crippen molar-refractivity contribution in [3.63, 3.8) is 0 Å². The summed E-state index contributed by atoms with van der Waals surface area (Å²) in [7, 11) is 0. The molecule has 0 aliphatic rings. The van der Waals surface area contributed by atoms with E-state index in [0.29, 0.717) is 6.04 Å². The average molecular weight is 209 g/mol. The van der Waals surface area contributed by atoms with E-state index < -0.39 is 0 Å². The summed E-state index contributed by atoms with van der Waals surface area (Å²) in [5.74, 6) is 0. The van der Waals surface area contributed by atoms with Crippen LogP contribution in [0.5, 0.6) is 0 Å². The molecule has 0 amide bonds. The van der Waals surface area contributed by atoms with Gasteiger partial charge in [0, 0.05) is 25.0 Å². The molecule has 0 radical (unpaired) electrons. The average Bonchev–Trinajstić information content (AvgIpc) is 2.71. The van der Waals surface area contributed by atoms with Gasteiger partial charge in [0.1, 0.15) is 0 Å². The third-order valence-corrected chi connectivity index (χ3v) is 2.61. The molecular formula is C12H23N3. The van der Waals surface area contributed by atoms with Crippen LogP contribution in [0.25, 0.3) is 0 Å². The van der Waals surface area contributed by atoms with Crippen molar-refractivity contribution in [2.24, 2.45) is 0 Å². The van der Waals surface area contributed by atoms with E-state index in [4.69, 9.17) is 0 Å². The first-order chi connectivity index (χ1) is 7.36. The van der Waals surface area contributed by atoms with Crippen LogP contribution >= 0.6 is 0 Å². The summed E-state index contributed by atoms with van der Waals surface area (Å²) in [5.41, 5.74) is 0. The lowest BCUT2D eigenvalue weighted by Crippen LogP contribution is -2.31. The Bertz CT molecular complexity index is 225. The smallest absolute Gasteiger partial charge is 0.0534 e. The van der Waals surface area contributed by atoms with Gasteiger partial charge >= 0.3 is 0 Å². The Balaban J connectivity index is 2.15. The molecular weight excluding hydrogens is 186 g/mol. The van der Waals surface area contributed by atoms with E-state index in [1.807, 2.05) is 23.1 Å². The van der Waals surface area contributed by atoms with Gasteiger partial charge in [-0.3, -0.25) is 4.68 Å². The van der Waals surface area contributed by atoms with E-state index in [1.165, 1.54) is 25.7 Å². The Morgan fingerprint density at radius 1 is 1.27 bits per heavy atom. The predicted octanol–water partition coefficient (Wildman–Crippen LogP) is 2.44. The van der Waals surface area contributed by atoms with E-state index in [2.05, 4.69) is 24.3 Å². The van der Waals surface area contributed by atoms with Gasteiger partial charge in [-0.15, -0.1) is 0 Å². The largest absolute Gasteiger partial charge is 0.312 e. The fraction of sp³-hybridized carbons (Fsp3) is 0.750. The number of aromatic nitrogens is 2. The SMILES string of the molecule is CCCC(CCC)NCCn1cccn1. The maximum atomic E-state index is 4.18. The second kappa shape index (κ2) is 7.46. The van der Waals surface area contributed by atoms with E-state index in [-0.39, 0.29) is 0 Å². The van der Waals surface area contributed by atoms with Gasteiger partial charge in [0.2, 0.25) is 0 Å². The zero-order valence-corrected chi connectivity index (χ0v) is 9.95. The lowest BCUT2D eigenvalue weighted by atomic mass is 10.1. The first kappa shape index (κ1) is 12.2. The monoisotopic (exact) mass is 209 g/mol. The number of nitrogens with one attached hydrogen (secondary N) is 1. The third-order valence-electron chi connectivity index (χ3n) is 2.61. The zero-order valence-electron chi connectivity index (χ0n) is 9.95. The highest BCUT2D eigenvalue weighted by atomic mass is 15.3. The third kappa shape index (κ3) is 4.98. The molecule has 15 heavy (non-hydrogen) atoms. The summed E-state index contributed by atoms with van der Waals surface area (Å²) in [6.45, 7) is 6.49. The van der Waals surface area contributed by atoms with Crippen LogP contribution < -0.4 is 5.32 Å². The molecule has 86 valence electrons. The summed E-state index contributed by atoms with van der Waals surface area (Å²) >= 11 is 0. The van der Waals surface area contributed by atoms with Crippen LogP contribution in [-0.2, 0) is 6.54 Å². The van der Waals surface area contributed by atoms with Gasteiger partial charge in [0.25, 0.3) is 0 Å². The van der Waals surface area contributed by atoms with E-state index in [0.717, 1.165) is 13.1 Å². The van der Waals surface area contributed by atoms with Gasteiger partial charge in [-0.05, 0) is 18.9 Å². The van der Waals surface area contributed by atoms with Crippen molar-refractivity contribution < 1.29 is 0 Å². The molecule has 0 unspecified atom stereocenters. The highest BCUT2D eigenvalue weighted by molar-refractivity contribution is 4.78. The van der Waals surface area contributed by atoms with Gasteiger partial charge in [0.05, 0.1) is 6.54 Å². The minimum atomic E-state index is 0.690. The summed E-state index contributed by atoms with van der Waals surface area (Å²) in [4.78, 5) is 0. The quantitative estimate of drug-likeness (QED) is 0.712. The fourth-order valence-electron chi connectivity index (χ4n) is 1.86. The number of hydrogen-bond acceptors (Lipinski definition) is 2. The van der Waals surface area contributed by atoms with Gasteiger partial charge < -0.3 is 5.32 Å². The van der Waals surface area contributed by atoms with Crippen LogP contribution in [-0.4, -0.2) is 22.4 Å². The Labute approximate surface area is 92.9 Å². The van der Waals surface area contributed by atoms with Gasteiger partial charge in [-0.25, -0.2) is 0 Å². The highest BCUT2D eigenvalue weighted by Gasteiger charge is 2.04. The summed E-state index contributed by atoms with van der Waals surface area (Å²) in [6, 6.07) is 2.66. The maximum absolute atomic E-state index is 4.18. The molecule has 0 spiro atoms. The molecule has 1 aromatic rings. The standard InChI is InChI=1S/C12H23N3/c1-3-6-12(7-4-2)13-9-11-15-10-5-8-14-15/h5,8,10,12-13H,3-4,6-7,9,11H2,1-2H3. The number of hydrogen-bond donors (Lipinski definition) is 1. The summed E-state index contributed by atoms with van der Waals surface area (Å²) < 4.78 is 1.97. The Kier molecular flexibility index (Phi) is 6.09. The lowest BCUT2D eigenvalue weighted by Gasteiger charge is -2.17. The summed E-state index contributed by atoms with van der Waals surface area (Å²) in [5, 5.41) is 7.78. The van der Waals surface area contributed by atoms with Crippen LogP contribution in [0.2, 0.25) is 0 Å². The second-order valence-electron chi connectivity index (χ2n) is 4.00. The van der Waals surface area contributed by atoms with Crippen LogP contribution in [0, 0.1) is 0 Å². The second-order valence-corrected chi connectivity index (χ2v) is 4.00. The molecule has 0 bridgehead atoms. The fourth-order valence-corrected chi connectivity index (χ4v) is 1.86. The first-order valence-electron chi connectivity index (χ1n) is 6.07.